The summed E-state index contributed by atoms with van der Waals surface area (Å²) in [7, 11) is -2.05. The molecule has 0 fully saturated rings. The van der Waals surface area contributed by atoms with Crippen molar-refractivity contribution < 1.29 is 18.3 Å². The van der Waals surface area contributed by atoms with E-state index in [1.54, 1.807) is 6.07 Å². The lowest BCUT2D eigenvalue weighted by molar-refractivity contribution is 0.162. The van der Waals surface area contributed by atoms with Crippen molar-refractivity contribution in [2.45, 2.75) is 30.8 Å². The fraction of sp³-hybridized carbons (Fsp3) is 0.500. The highest BCUT2D eigenvalue weighted by atomic mass is 79.9. The van der Waals surface area contributed by atoms with Crippen LogP contribution in [0, 0.1) is 0 Å². The summed E-state index contributed by atoms with van der Waals surface area (Å²) < 4.78 is 32.1. The third-order valence-electron chi connectivity index (χ3n) is 2.67. The van der Waals surface area contributed by atoms with Crippen LogP contribution in [0.25, 0.3) is 0 Å². The third kappa shape index (κ3) is 4.76. The summed E-state index contributed by atoms with van der Waals surface area (Å²) in [6.45, 7) is 2.06. The number of benzene rings is 1. The van der Waals surface area contributed by atoms with Gasteiger partial charge in [-0.15, -0.1) is 0 Å². The number of hydrogen-bond acceptors (Lipinski definition) is 4. The number of halogens is 1. The van der Waals surface area contributed by atoms with E-state index in [0.717, 1.165) is 0 Å². The highest BCUT2D eigenvalue weighted by molar-refractivity contribution is 9.10. The Labute approximate surface area is 122 Å². The van der Waals surface area contributed by atoms with Gasteiger partial charge in [0.05, 0.1) is 22.6 Å². The average molecular weight is 352 g/mol. The predicted octanol–water partition coefficient (Wildman–Crippen LogP) is 1.90. The van der Waals surface area contributed by atoms with Crippen LogP contribution in [-0.4, -0.2) is 33.3 Å². The number of rotatable bonds is 7. The van der Waals surface area contributed by atoms with Crippen molar-refractivity contribution in [3.63, 3.8) is 0 Å². The van der Waals surface area contributed by atoms with Gasteiger partial charge in [-0.25, -0.2) is 13.1 Å². The fourth-order valence-corrected chi connectivity index (χ4v) is 3.23. The first-order valence-corrected chi connectivity index (χ1v) is 8.19. The lowest BCUT2D eigenvalue weighted by Gasteiger charge is -2.10. The molecule has 19 heavy (non-hydrogen) atoms. The molecule has 0 aliphatic rings. The van der Waals surface area contributed by atoms with Gasteiger partial charge in [-0.1, -0.05) is 6.92 Å². The molecule has 1 atom stereocenters. The Kier molecular flexibility index (Phi) is 6.25. The fourth-order valence-electron chi connectivity index (χ4n) is 1.46. The Morgan fingerprint density at radius 2 is 2.16 bits per heavy atom. The van der Waals surface area contributed by atoms with Crippen molar-refractivity contribution in [2.24, 2.45) is 0 Å². The number of sulfonamides is 1. The molecule has 7 heteroatoms. The zero-order valence-corrected chi connectivity index (χ0v) is 13.3. The molecule has 1 unspecified atom stereocenters. The average Bonchev–Trinajstić information content (AvgIpc) is 2.38. The van der Waals surface area contributed by atoms with Crippen LogP contribution in [0.2, 0.25) is 0 Å². The Bertz CT molecular complexity index is 518. The standard InChI is InChI=1S/C12H18BrNO4S/c1-3-9(15)6-7-14-19(16,17)10-4-5-12(18-2)11(13)8-10/h4-5,8-9,14-15H,3,6-7H2,1-2H3. The molecule has 1 aromatic rings. The molecule has 0 aliphatic carbocycles. The number of nitrogens with one attached hydrogen (secondary N) is 1. The number of hydrogen-bond donors (Lipinski definition) is 2. The number of methoxy groups -OCH3 is 1. The van der Waals surface area contributed by atoms with Gasteiger partial charge in [-0.2, -0.15) is 0 Å². The van der Waals surface area contributed by atoms with Crippen molar-refractivity contribution >= 4 is 26.0 Å². The van der Waals surface area contributed by atoms with Crippen LogP contribution in [0.1, 0.15) is 19.8 Å². The normalized spacial score (nSPS) is 13.3. The molecule has 0 radical (unpaired) electrons. The lowest BCUT2D eigenvalue weighted by Crippen LogP contribution is -2.27. The second-order valence-corrected chi connectivity index (χ2v) is 6.67. The lowest BCUT2D eigenvalue weighted by atomic mass is 10.2. The summed E-state index contributed by atoms with van der Waals surface area (Å²) in [5.41, 5.74) is 0. The van der Waals surface area contributed by atoms with E-state index < -0.39 is 16.1 Å². The molecule has 2 N–H and O–H groups in total. The van der Waals surface area contributed by atoms with Gasteiger partial charge >= 0.3 is 0 Å². The van der Waals surface area contributed by atoms with E-state index in [0.29, 0.717) is 23.1 Å². The van der Waals surface area contributed by atoms with Gasteiger partial charge in [0.25, 0.3) is 0 Å². The summed E-state index contributed by atoms with van der Waals surface area (Å²) >= 11 is 3.25. The number of aliphatic hydroxyl groups excluding tert-OH is 1. The Morgan fingerprint density at radius 3 is 2.68 bits per heavy atom. The molecule has 0 saturated heterocycles. The van der Waals surface area contributed by atoms with Crippen LogP contribution in [-0.2, 0) is 10.0 Å². The van der Waals surface area contributed by atoms with E-state index in [-0.39, 0.29) is 11.4 Å². The molecule has 0 aliphatic heterocycles. The van der Waals surface area contributed by atoms with Crippen LogP contribution in [0.3, 0.4) is 0 Å². The van der Waals surface area contributed by atoms with Crippen LogP contribution in [0.4, 0.5) is 0 Å². The maximum atomic E-state index is 12.0. The first-order valence-electron chi connectivity index (χ1n) is 5.92. The minimum absolute atomic E-state index is 0.158. The van der Waals surface area contributed by atoms with E-state index in [1.807, 2.05) is 6.92 Å². The molecule has 0 bridgehead atoms. The molecule has 0 amide bonds. The predicted molar refractivity (Wildman–Crippen MR) is 76.8 cm³/mol. The molecule has 5 nitrogen and oxygen atoms in total. The van der Waals surface area contributed by atoms with E-state index >= 15 is 0 Å². The molecule has 0 heterocycles. The molecule has 108 valence electrons. The Hall–Kier alpha value is -0.630. The molecule has 0 saturated carbocycles. The van der Waals surface area contributed by atoms with Gasteiger partial charge in [0, 0.05) is 6.54 Å². The van der Waals surface area contributed by atoms with Crippen LogP contribution in [0.15, 0.2) is 27.6 Å². The van der Waals surface area contributed by atoms with Crippen LogP contribution < -0.4 is 9.46 Å². The maximum absolute atomic E-state index is 12.0. The second-order valence-electron chi connectivity index (χ2n) is 4.04. The third-order valence-corrected chi connectivity index (χ3v) is 4.75. The van der Waals surface area contributed by atoms with Crippen molar-refractivity contribution in [3.8, 4) is 5.75 Å². The van der Waals surface area contributed by atoms with Crippen molar-refractivity contribution in [1.29, 1.82) is 0 Å². The van der Waals surface area contributed by atoms with Crippen molar-refractivity contribution in [2.75, 3.05) is 13.7 Å². The van der Waals surface area contributed by atoms with Crippen molar-refractivity contribution in [3.05, 3.63) is 22.7 Å². The van der Waals surface area contributed by atoms with E-state index in [1.165, 1.54) is 19.2 Å². The van der Waals surface area contributed by atoms with Crippen molar-refractivity contribution in [1.82, 2.24) is 4.72 Å². The maximum Gasteiger partial charge on any atom is 0.240 e. The Balaban J connectivity index is 2.75. The summed E-state index contributed by atoms with van der Waals surface area (Å²) in [5.74, 6) is 0.570. The zero-order chi connectivity index (χ0) is 14.5. The second kappa shape index (κ2) is 7.23. The van der Waals surface area contributed by atoms with Gasteiger partial charge in [0.2, 0.25) is 10.0 Å². The molecular weight excluding hydrogens is 334 g/mol. The number of ether oxygens (including phenoxy) is 1. The molecular formula is C12H18BrNO4S. The topological polar surface area (TPSA) is 75.6 Å². The van der Waals surface area contributed by atoms with Gasteiger partial charge in [-0.3, -0.25) is 0 Å². The van der Waals surface area contributed by atoms with Gasteiger partial charge in [0.15, 0.2) is 0 Å². The summed E-state index contributed by atoms with van der Waals surface area (Å²) in [6.07, 6.45) is 0.522. The monoisotopic (exact) mass is 351 g/mol. The molecule has 0 aromatic heterocycles. The van der Waals surface area contributed by atoms with Gasteiger partial charge in [-0.05, 0) is 47.0 Å². The first kappa shape index (κ1) is 16.4. The minimum Gasteiger partial charge on any atom is -0.496 e. The van der Waals surface area contributed by atoms with Gasteiger partial charge in [0.1, 0.15) is 5.75 Å². The SMILES string of the molecule is CCC(O)CCNS(=O)(=O)c1ccc(OC)c(Br)c1. The summed E-state index contributed by atoms with van der Waals surface area (Å²) in [6, 6.07) is 4.54. The Morgan fingerprint density at radius 1 is 1.47 bits per heavy atom. The smallest absolute Gasteiger partial charge is 0.240 e. The highest BCUT2D eigenvalue weighted by Gasteiger charge is 2.15. The van der Waals surface area contributed by atoms with Crippen LogP contribution >= 0.6 is 15.9 Å². The zero-order valence-electron chi connectivity index (χ0n) is 10.9. The van der Waals surface area contributed by atoms with Gasteiger partial charge < -0.3 is 9.84 Å². The first-order chi connectivity index (χ1) is 8.90. The van der Waals surface area contributed by atoms with Crippen LogP contribution in [0.5, 0.6) is 5.75 Å². The quantitative estimate of drug-likeness (QED) is 0.786. The summed E-state index contributed by atoms with van der Waals surface area (Å²) in [4.78, 5) is 0.158. The molecule has 1 rings (SSSR count). The highest BCUT2D eigenvalue weighted by Crippen LogP contribution is 2.27. The minimum atomic E-state index is -3.56. The van der Waals surface area contributed by atoms with E-state index in [4.69, 9.17) is 4.74 Å². The van der Waals surface area contributed by atoms with E-state index in [2.05, 4.69) is 20.7 Å². The largest absolute Gasteiger partial charge is 0.496 e. The summed E-state index contributed by atoms with van der Waals surface area (Å²) in [5, 5.41) is 9.38. The van der Waals surface area contributed by atoms with E-state index in [9.17, 15) is 13.5 Å². The molecule has 0 spiro atoms. The number of aliphatic hydroxyl groups is 1. The molecule has 1 aromatic carbocycles.